The molecule has 0 saturated carbocycles. The highest BCUT2D eigenvalue weighted by molar-refractivity contribution is 9.10. The fourth-order valence-electron chi connectivity index (χ4n) is 3.88. The molecule has 0 heterocycles. The lowest BCUT2D eigenvalue weighted by molar-refractivity contribution is -0.140. The average molecular weight is 651 g/mol. The van der Waals surface area contributed by atoms with Gasteiger partial charge in [0.1, 0.15) is 18.3 Å². The molecule has 0 aliphatic heterocycles. The Hall–Kier alpha value is -3.08. The molecule has 1 atom stereocenters. The first-order chi connectivity index (χ1) is 18.7. The van der Waals surface area contributed by atoms with E-state index in [1.807, 2.05) is 45.0 Å². The van der Waals surface area contributed by atoms with E-state index in [-0.39, 0.29) is 23.0 Å². The number of hydrogen-bond acceptors (Lipinski definition) is 5. The number of ether oxygens (including phenoxy) is 1. The molecule has 0 aliphatic carbocycles. The van der Waals surface area contributed by atoms with Gasteiger partial charge >= 0.3 is 0 Å². The van der Waals surface area contributed by atoms with E-state index in [9.17, 15) is 18.0 Å². The fourth-order valence-corrected chi connectivity index (χ4v) is 5.73. The van der Waals surface area contributed by atoms with Crippen molar-refractivity contribution in [2.45, 2.75) is 50.7 Å². The molecule has 8 nitrogen and oxygen atoms in total. The third-order valence-electron chi connectivity index (χ3n) is 5.95. The first kappa shape index (κ1) is 31.4. The van der Waals surface area contributed by atoms with E-state index in [4.69, 9.17) is 16.3 Å². The van der Waals surface area contributed by atoms with Crippen LogP contribution in [0.3, 0.4) is 0 Å². The molecule has 0 fully saturated rings. The van der Waals surface area contributed by atoms with Gasteiger partial charge in [0.25, 0.3) is 10.0 Å². The maximum Gasteiger partial charge on any atom is 0.264 e. The number of rotatable bonds is 10. The quantitative estimate of drug-likeness (QED) is 0.307. The third kappa shape index (κ3) is 8.22. The second-order valence-electron chi connectivity index (χ2n) is 10.2. The maximum atomic E-state index is 14.0. The first-order valence-corrected chi connectivity index (χ1v) is 15.1. The van der Waals surface area contributed by atoms with Crippen molar-refractivity contribution >= 4 is 55.1 Å². The van der Waals surface area contributed by atoms with Crippen LogP contribution < -0.4 is 14.4 Å². The number of methoxy groups -OCH3 is 1. The van der Waals surface area contributed by atoms with Crippen LogP contribution in [-0.2, 0) is 26.2 Å². The SMILES string of the molecule is COc1ccc(S(=O)(=O)N(CC(=O)N(Cc2ccc(Br)cc2)[C@@H](C)C(=O)NC(C)(C)C)c2cccc(Cl)c2)cc1. The normalized spacial score (nSPS) is 12.4. The Morgan fingerprint density at radius 3 is 2.20 bits per heavy atom. The van der Waals surface area contributed by atoms with E-state index in [2.05, 4.69) is 21.2 Å². The van der Waals surface area contributed by atoms with Gasteiger partial charge in [0.15, 0.2) is 0 Å². The zero-order valence-electron chi connectivity index (χ0n) is 23.0. The number of nitrogens with one attached hydrogen (secondary N) is 1. The second-order valence-corrected chi connectivity index (χ2v) is 13.4. The van der Waals surface area contributed by atoms with E-state index in [1.54, 1.807) is 25.1 Å². The number of anilines is 1. The van der Waals surface area contributed by atoms with Crippen LogP contribution in [0.25, 0.3) is 0 Å². The number of benzene rings is 3. The Morgan fingerprint density at radius 2 is 1.65 bits per heavy atom. The summed E-state index contributed by atoms with van der Waals surface area (Å²) >= 11 is 9.61. The van der Waals surface area contributed by atoms with Crippen molar-refractivity contribution in [3.8, 4) is 5.75 Å². The predicted octanol–water partition coefficient (Wildman–Crippen LogP) is 5.64. The standard InChI is InChI=1S/C29H33BrClN3O5S/c1-20(28(36)32-29(2,3)4)33(18-21-9-11-22(30)12-10-21)27(35)19-34(24-8-6-7-23(31)17-24)40(37,38)26-15-13-25(39-5)14-16-26/h6-17,20H,18-19H2,1-5H3,(H,32,36)/t20-/m0/s1. The molecule has 2 amide bonds. The van der Waals surface area contributed by atoms with E-state index in [0.717, 1.165) is 14.3 Å². The van der Waals surface area contributed by atoms with E-state index in [0.29, 0.717) is 10.8 Å². The van der Waals surface area contributed by atoms with Gasteiger partial charge in [-0.1, -0.05) is 45.7 Å². The number of hydrogen-bond donors (Lipinski definition) is 1. The minimum absolute atomic E-state index is 0.0286. The molecule has 0 aromatic heterocycles. The molecule has 0 bridgehead atoms. The van der Waals surface area contributed by atoms with Crippen LogP contribution in [0.5, 0.6) is 5.75 Å². The van der Waals surface area contributed by atoms with Crippen LogP contribution in [0.4, 0.5) is 5.69 Å². The van der Waals surface area contributed by atoms with Crippen LogP contribution in [0.1, 0.15) is 33.3 Å². The van der Waals surface area contributed by atoms with Crippen LogP contribution in [0.2, 0.25) is 5.02 Å². The Kier molecular flexibility index (Phi) is 10.3. The van der Waals surface area contributed by atoms with Gasteiger partial charge in [0.2, 0.25) is 11.8 Å². The topological polar surface area (TPSA) is 96.0 Å². The Balaban J connectivity index is 2.03. The van der Waals surface area contributed by atoms with Crippen LogP contribution in [-0.4, -0.2) is 50.4 Å². The Bertz CT molecular complexity index is 1440. The third-order valence-corrected chi connectivity index (χ3v) is 8.51. The number of amides is 2. The number of carbonyl (C=O) groups is 2. The molecule has 3 rings (SSSR count). The molecule has 0 aliphatic rings. The lowest BCUT2D eigenvalue weighted by Gasteiger charge is -2.33. The Morgan fingerprint density at radius 1 is 1.02 bits per heavy atom. The van der Waals surface area contributed by atoms with Gasteiger partial charge in [-0.25, -0.2) is 8.42 Å². The van der Waals surface area contributed by atoms with Crippen molar-refractivity contribution in [2.75, 3.05) is 18.0 Å². The lowest BCUT2D eigenvalue weighted by Crippen LogP contribution is -2.54. The molecular formula is C29H33BrClN3O5S. The fraction of sp³-hybridized carbons (Fsp3) is 0.310. The number of sulfonamides is 1. The molecule has 0 radical (unpaired) electrons. The van der Waals surface area contributed by atoms with Crippen molar-refractivity contribution in [1.29, 1.82) is 0 Å². The average Bonchev–Trinajstić information content (AvgIpc) is 2.89. The molecular weight excluding hydrogens is 618 g/mol. The van der Waals surface area contributed by atoms with Crippen LogP contribution in [0.15, 0.2) is 82.2 Å². The van der Waals surface area contributed by atoms with Gasteiger partial charge in [0.05, 0.1) is 17.7 Å². The van der Waals surface area contributed by atoms with Crippen molar-refractivity contribution < 1.29 is 22.7 Å². The van der Waals surface area contributed by atoms with Crippen molar-refractivity contribution in [2.24, 2.45) is 0 Å². The van der Waals surface area contributed by atoms with Crippen molar-refractivity contribution in [1.82, 2.24) is 10.2 Å². The van der Waals surface area contributed by atoms with Gasteiger partial charge in [-0.15, -0.1) is 0 Å². The monoisotopic (exact) mass is 649 g/mol. The summed E-state index contributed by atoms with van der Waals surface area (Å²) < 4.78 is 34.8. The van der Waals surface area contributed by atoms with Gasteiger partial charge in [-0.05, 0) is 87.9 Å². The minimum atomic E-state index is -4.21. The van der Waals surface area contributed by atoms with Gasteiger partial charge in [-0.2, -0.15) is 0 Å². The molecule has 40 heavy (non-hydrogen) atoms. The summed E-state index contributed by atoms with van der Waals surface area (Å²) in [5, 5.41) is 3.22. The zero-order valence-corrected chi connectivity index (χ0v) is 26.2. The van der Waals surface area contributed by atoms with E-state index < -0.39 is 34.1 Å². The number of nitrogens with zero attached hydrogens (tertiary/aromatic N) is 2. The maximum absolute atomic E-state index is 14.0. The van der Waals surface area contributed by atoms with Gasteiger partial charge < -0.3 is 15.0 Å². The van der Waals surface area contributed by atoms with Crippen molar-refractivity contribution in [3.05, 3.63) is 87.9 Å². The number of halogens is 2. The number of carbonyl (C=O) groups excluding carboxylic acids is 2. The molecule has 1 N–H and O–H groups in total. The summed E-state index contributed by atoms with van der Waals surface area (Å²) in [5.41, 5.74) is 0.466. The molecule has 0 spiro atoms. The van der Waals surface area contributed by atoms with E-state index >= 15 is 0 Å². The zero-order chi connectivity index (χ0) is 29.7. The molecule has 11 heteroatoms. The van der Waals surface area contributed by atoms with Crippen molar-refractivity contribution in [3.63, 3.8) is 0 Å². The molecule has 0 unspecified atom stereocenters. The summed E-state index contributed by atoms with van der Waals surface area (Å²) in [6.07, 6.45) is 0. The Labute approximate surface area is 249 Å². The summed E-state index contributed by atoms with van der Waals surface area (Å²) in [6.45, 7) is 6.71. The second kappa shape index (κ2) is 13.1. The summed E-state index contributed by atoms with van der Waals surface area (Å²) in [6, 6.07) is 18.6. The smallest absolute Gasteiger partial charge is 0.264 e. The highest BCUT2D eigenvalue weighted by Gasteiger charge is 2.33. The highest BCUT2D eigenvalue weighted by atomic mass is 79.9. The van der Waals surface area contributed by atoms with Gasteiger partial charge in [-0.3, -0.25) is 13.9 Å². The minimum Gasteiger partial charge on any atom is -0.497 e. The predicted molar refractivity (Wildman–Crippen MR) is 161 cm³/mol. The molecule has 3 aromatic rings. The van der Waals surface area contributed by atoms with Gasteiger partial charge in [0, 0.05) is 21.6 Å². The molecule has 3 aromatic carbocycles. The largest absolute Gasteiger partial charge is 0.497 e. The summed E-state index contributed by atoms with van der Waals surface area (Å²) in [4.78, 5) is 28.5. The van der Waals surface area contributed by atoms with Crippen LogP contribution in [0, 0.1) is 0 Å². The summed E-state index contributed by atoms with van der Waals surface area (Å²) in [5.74, 6) is -0.425. The highest BCUT2D eigenvalue weighted by Crippen LogP contribution is 2.28. The van der Waals surface area contributed by atoms with E-state index in [1.165, 1.54) is 42.3 Å². The molecule has 214 valence electrons. The molecule has 0 saturated heterocycles. The lowest BCUT2D eigenvalue weighted by atomic mass is 10.1. The summed E-state index contributed by atoms with van der Waals surface area (Å²) in [7, 11) is -2.73. The first-order valence-electron chi connectivity index (χ1n) is 12.5. The van der Waals surface area contributed by atoms with Crippen LogP contribution >= 0.6 is 27.5 Å².